The summed E-state index contributed by atoms with van der Waals surface area (Å²) >= 11 is 0. The van der Waals surface area contributed by atoms with Crippen LogP contribution in [0.1, 0.15) is 55.6 Å². The van der Waals surface area contributed by atoms with Crippen LogP contribution in [-0.4, -0.2) is 16.7 Å². The van der Waals surface area contributed by atoms with Gasteiger partial charge in [-0.05, 0) is 36.0 Å². The second-order valence-corrected chi connectivity index (χ2v) is 6.25. The summed E-state index contributed by atoms with van der Waals surface area (Å²) in [5, 5.41) is 3.60. The molecule has 0 radical (unpaired) electrons. The lowest BCUT2D eigenvalue weighted by molar-refractivity contribution is -0.110. The number of amides is 1. The van der Waals surface area contributed by atoms with Crippen LogP contribution in [0.2, 0.25) is 0 Å². The van der Waals surface area contributed by atoms with Gasteiger partial charge < -0.3 is 5.32 Å². The molecule has 0 fully saturated rings. The maximum Gasteiger partial charge on any atom is 0.256 e. The second-order valence-electron chi connectivity index (χ2n) is 5.59. The fourth-order valence-electron chi connectivity index (χ4n) is 2.38. The number of nitrogens with one attached hydrogen (secondary N) is 1. The van der Waals surface area contributed by atoms with Crippen LogP contribution in [0.5, 0.6) is 0 Å². The summed E-state index contributed by atoms with van der Waals surface area (Å²) in [5.41, 5.74) is 3.37. The average molecular weight is 370 g/mol. The summed E-state index contributed by atoms with van der Waals surface area (Å²) in [6.07, 6.45) is 5.78. The first-order valence-electron chi connectivity index (χ1n) is 8.85. The minimum Gasteiger partial charge on any atom is -0.321 e. The highest BCUT2D eigenvalue weighted by Crippen LogP contribution is 2.34. The van der Waals surface area contributed by atoms with Crippen LogP contribution in [-0.2, 0) is 4.79 Å². The Balaban J connectivity index is 0.000000615. The quantitative estimate of drug-likeness (QED) is 0.479. The SMILES string of the molecule is CC.CCC.Cc1cccc2c1/C(=C\C(=O)c1cncc(P)c1)C(=O)N2. The van der Waals surface area contributed by atoms with Crippen molar-refractivity contribution in [1.82, 2.24) is 4.98 Å². The highest BCUT2D eigenvalue weighted by Gasteiger charge is 2.26. The molecule has 26 heavy (non-hydrogen) atoms. The lowest BCUT2D eigenvalue weighted by Crippen LogP contribution is -2.07. The molecule has 2 heterocycles. The minimum atomic E-state index is -0.248. The third-order valence-electron chi connectivity index (χ3n) is 3.35. The molecule has 0 spiro atoms. The van der Waals surface area contributed by atoms with E-state index in [1.54, 1.807) is 12.3 Å². The third kappa shape index (κ3) is 5.34. The summed E-state index contributed by atoms with van der Waals surface area (Å²) in [4.78, 5) is 28.4. The predicted molar refractivity (Wildman–Crippen MR) is 113 cm³/mol. The van der Waals surface area contributed by atoms with E-state index in [4.69, 9.17) is 0 Å². The lowest BCUT2D eigenvalue weighted by Gasteiger charge is -2.03. The number of ketones is 1. The molecule has 1 aliphatic heterocycles. The lowest BCUT2D eigenvalue weighted by atomic mass is 9.99. The van der Waals surface area contributed by atoms with Gasteiger partial charge in [-0.2, -0.15) is 0 Å². The molecule has 0 bridgehead atoms. The number of rotatable bonds is 2. The van der Waals surface area contributed by atoms with Crippen molar-refractivity contribution in [2.75, 3.05) is 5.32 Å². The van der Waals surface area contributed by atoms with E-state index in [1.165, 1.54) is 18.7 Å². The molecule has 1 N–H and O–H groups in total. The zero-order chi connectivity index (χ0) is 19.7. The Morgan fingerprint density at radius 1 is 1.23 bits per heavy atom. The monoisotopic (exact) mass is 370 g/mol. The fourth-order valence-corrected chi connectivity index (χ4v) is 2.64. The van der Waals surface area contributed by atoms with Crippen molar-refractivity contribution in [3.05, 3.63) is 59.4 Å². The van der Waals surface area contributed by atoms with E-state index in [0.717, 1.165) is 22.1 Å². The first-order chi connectivity index (χ1) is 12.5. The van der Waals surface area contributed by atoms with Gasteiger partial charge in [-0.25, -0.2) is 0 Å². The van der Waals surface area contributed by atoms with Crippen molar-refractivity contribution >= 4 is 37.5 Å². The molecule has 5 heteroatoms. The van der Waals surface area contributed by atoms with E-state index in [1.807, 2.05) is 39.0 Å². The molecule has 1 amide bonds. The van der Waals surface area contributed by atoms with Crippen LogP contribution in [0.3, 0.4) is 0 Å². The number of allylic oxidation sites excluding steroid dienone is 1. The van der Waals surface area contributed by atoms with Crippen LogP contribution < -0.4 is 10.6 Å². The Hall–Kier alpha value is -2.32. The van der Waals surface area contributed by atoms with E-state index in [-0.39, 0.29) is 11.7 Å². The van der Waals surface area contributed by atoms with Crippen molar-refractivity contribution in [2.24, 2.45) is 0 Å². The molecule has 138 valence electrons. The highest BCUT2D eigenvalue weighted by molar-refractivity contribution is 7.27. The van der Waals surface area contributed by atoms with Gasteiger partial charge in [-0.3, -0.25) is 14.6 Å². The molecule has 1 atom stereocenters. The fraction of sp³-hybridized carbons (Fsp3) is 0.286. The molecule has 4 nitrogen and oxygen atoms in total. The van der Waals surface area contributed by atoms with Gasteiger partial charge in [0.2, 0.25) is 0 Å². The standard InChI is InChI=1S/C16H13N2O2P.C3H8.C2H6/c1-9-3-2-4-13-15(9)12(16(20)18-13)6-14(19)10-5-11(21)8-17-7-10;1-3-2;1-2/h2-8H,21H2,1H3,(H,18,20);3H2,1-2H3;1-2H3/b12-6+;;. The second kappa shape index (κ2) is 10.6. The normalized spacial score (nSPS) is 13.0. The molecule has 2 aromatic rings. The molecule has 0 saturated carbocycles. The molecular weight excluding hydrogens is 343 g/mol. The first kappa shape index (κ1) is 21.7. The van der Waals surface area contributed by atoms with Crippen molar-refractivity contribution < 1.29 is 9.59 Å². The Morgan fingerprint density at radius 3 is 2.50 bits per heavy atom. The summed E-state index contributed by atoms with van der Waals surface area (Å²) in [7, 11) is 2.50. The minimum absolute atomic E-state index is 0.229. The van der Waals surface area contributed by atoms with E-state index in [2.05, 4.69) is 33.4 Å². The number of carbonyl (C=O) groups excluding carboxylic acids is 2. The summed E-state index contributed by atoms with van der Waals surface area (Å²) < 4.78 is 0. The van der Waals surface area contributed by atoms with E-state index in [9.17, 15) is 9.59 Å². The highest BCUT2D eigenvalue weighted by atomic mass is 31.0. The van der Waals surface area contributed by atoms with E-state index in [0.29, 0.717) is 11.1 Å². The van der Waals surface area contributed by atoms with Gasteiger partial charge in [0.25, 0.3) is 5.91 Å². The molecule has 3 rings (SSSR count). The number of aryl methyl sites for hydroxylation is 1. The number of hydrogen-bond donors (Lipinski definition) is 1. The Morgan fingerprint density at radius 2 is 1.88 bits per heavy atom. The van der Waals surface area contributed by atoms with Crippen LogP contribution in [0.15, 0.2) is 42.7 Å². The van der Waals surface area contributed by atoms with Gasteiger partial charge in [0.05, 0.1) is 5.57 Å². The molecular formula is C21H27N2O2P. The number of carbonyl (C=O) groups is 2. The zero-order valence-corrected chi connectivity index (χ0v) is 17.2. The summed E-state index contributed by atoms with van der Waals surface area (Å²) in [5.74, 6) is -0.476. The predicted octanol–water partition coefficient (Wildman–Crippen LogP) is 4.55. The van der Waals surface area contributed by atoms with Crippen LogP contribution in [0.4, 0.5) is 5.69 Å². The van der Waals surface area contributed by atoms with Crippen molar-refractivity contribution in [1.29, 1.82) is 0 Å². The summed E-state index contributed by atoms with van der Waals surface area (Å²) in [6, 6.07) is 7.35. The third-order valence-corrected chi connectivity index (χ3v) is 3.67. The van der Waals surface area contributed by atoms with Crippen molar-refractivity contribution in [3.63, 3.8) is 0 Å². The molecule has 1 unspecified atom stereocenters. The molecule has 1 aliphatic rings. The molecule has 0 saturated heterocycles. The van der Waals surface area contributed by atoms with Crippen LogP contribution in [0.25, 0.3) is 5.57 Å². The van der Waals surface area contributed by atoms with E-state index >= 15 is 0 Å². The largest absolute Gasteiger partial charge is 0.321 e. The number of aromatic nitrogens is 1. The van der Waals surface area contributed by atoms with Crippen molar-refractivity contribution in [3.8, 4) is 0 Å². The Bertz CT molecular complexity index is 813. The van der Waals surface area contributed by atoms with Crippen LogP contribution in [0, 0.1) is 6.92 Å². The van der Waals surface area contributed by atoms with Gasteiger partial charge in [0.1, 0.15) is 0 Å². The number of pyridine rings is 1. The average Bonchev–Trinajstić information content (AvgIpc) is 2.94. The van der Waals surface area contributed by atoms with Gasteiger partial charge >= 0.3 is 0 Å². The Labute approximate surface area is 158 Å². The maximum absolute atomic E-state index is 12.3. The summed E-state index contributed by atoms with van der Waals surface area (Å²) in [6.45, 7) is 10.2. The van der Waals surface area contributed by atoms with E-state index < -0.39 is 0 Å². The van der Waals surface area contributed by atoms with Gasteiger partial charge in [-0.15, -0.1) is 9.24 Å². The topological polar surface area (TPSA) is 59.1 Å². The van der Waals surface area contributed by atoms with Gasteiger partial charge in [-0.1, -0.05) is 46.2 Å². The number of benzene rings is 1. The Kier molecular flexibility index (Phi) is 8.87. The number of nitrogens with zero attached hydrogens (tertiary/aromatic N) is 1. The smallest absolute Gasteiger partial charge is 0.256 e. The van der Waals surface area contributed by atoms with Crippen LogP contribution >= 0.6 is 9.24 Å². The number of hydrogen-bond acceptors (Lipinski definition) is 3. The number of fused-ring (bicyclic) bond motifs is 1. The van der Waals surface area contributed by atoms with Crippen molar-refractivity contribution in [2.45, 2.75) is 41.0 Å². The number of anilines is 1. The first-order valence-corrected chi connectivity index (χ1v) is 9.43. The maximum atomic E-state index is 12.3. The molecule has 0 aliphatic carbocycles. The van der Waals surface area contributed by atoms with Gasteiger partial charge in [0.15, 0.2) is 5.78 Å². The molecule has 1 aromatic carbocycles. The molecule has 1 aromatic heterocycles. The zero-order valence-electron chi connectivity index (χ0n) is 16.1. The van der Waals surface area contributed by atoms with Gasteiger partial charge in [0, 0.05) is 29.2 Å².